The molecule has 0 amide bonds. The minimum Gasteiger partial charge on any atom is -0.398 e. The molecular weight excluding hydrogens is 272 g/mol. The summed E-state index contributed by atoms with van der Waals surface area (Å²) in [6.45, 7) is 0. The lowest BCUT2D eigenvalue weighted by Gasteiger charge is -1.87. The molecule has 6 nitrogen and oxygen atoms in total. The van der Waals surface area contributed by atoms with E-state index in [-0.39, 0.29) is 5.69 Å². The highest BCUT2D eigenvalue weighted by atomic mass is 32.1. The standard InChI is InChI=1S/C5H4N2O2S.C5H6N2S/c8-7(9)4-1-2-5(10)6-3-4;6-4-1-2-5(8)7-3-4/h1-3H,(H,6,10);1-3H,6H2,(H,7,8). The van der Waals surface area contributed by atoms with E-state index in [1.165, 1.54) is 18.3 Å². The summed E-state index contributed by atoms with van der Waals surface area (Å²) >= 11 is 9.44. The number of rotatable bonds is 1. The summed E-state index contributed by atoms with van der Waals surface area (Å²) in [5.41, 5.74) is 6.08. The van der Waals surface area contributed by atoms with Gasteiger partial charge in [-0.2, -0.15) is 0 Å². The molecule has 0 radical (unpaired) electrons. The maximum atomic E-state index is 10.1. The van der Waals surface area contributed by atoms with Gasteiger partial charge in [0.25, 0.3) is 5.69 Å². The molecule has 0 fully saturated rings. The first-order chi connectivity index (χ1) is 8.49. The number of nitrogens with two attached hydrogens (primary N) is 1. The first-order valence-electron chi connectivity index (χ1n) is 4.76. The minimum absolute atomic E-state index is 0.0219. The average Bonchev–Trinajstić information content (AvgIpc) is 2.34. The second-order valence-corrected chi connectivity index (χ2v) is 4.03. The first kappa shape index (κ1) is 14.0. The monoisotopic (exact) mass is 282 g/mol. The zero-order chi connectivity index (χ0) is 13.5. The summed E-state index contributed by atoms with van der Waals surface area (Å²) in [5, 5.41) is 10.1. The van der Waals surface area contributed by atoms with Gasteiger partial charge in [-0.15, -0.1) is 0 Å². The molecule has 8 heteroatoms. The van der Waals surface area contributed by atoms with Crippen molar-refractivity contribution in [3.63, 3.8) is 0 Å². The Kier molecular flexibility index (Phi) is 5.15. The lowest BCUT2D eigenvalue weighted by molar-refractivity contribution is -0.385. The first-order valence-corrected chi connectivity index (χ1v) is 5.58. The molecule has 2 rings (SSSR count). The fourth-order valence-corrected chi connectivity index (χ4v) is 1.19. The predicted molar refractivity (Wildman–Crippen MR) is 74.3 cm³/mol. The zero-order valence-electron chi connectivity index (χ0n) is 9.12. The van der Waals surface area contributed by atoms with Crippen LogP contribution in [0.3, 0.4) is 0 Å². The van der Waals surface area contributed by atoms with Crippen molar-refractivity contribution < 1.29 is 4.92 Å². The Balaban J connectivity index is 0.000000184. The Hall–Kier alpha value is -2.06. The van der Waals surface area contributed by atoms with Crippen LogP contribution in [-0.4, -0.2) is 14.9 Å². The highest BCUT2D eigenvalue weighted by molar-refractivity contribution is 7.71. The Morgan fingerprint density at radius 3 is 1.94 bits per heavy atom. The topological polar surface area (TPSA) is 101 Å². The van der Waals surface area contributed by atoms with Gasteiger partial charge in [0.2, 0.25) is 0 Å². The van der Waals surface area contributed by atoms with Crippen LogP contribution in [0.5, 0.6) is 0 Å². The summed E-state index contributed by atoms with van der Waals surface area (Å²) in [7, 11) is 0. The molecule has 0 unspecified atom stereocenters. The van der Waals surface area contributed by atoms with Crippen molar-refractivity contribution >= 4 is 35.8 Å². The number of hydrogen-bond acceptors (Lipinski definition) is 5. The molecule has 0 atom stereocenters. The molecule has 94 valence electrons. The normalized spacial score (nSPS) is 9.11. The van der Waals surface area contributed by atoms with Crippen LogP contribution in [0.15, 0.2) is 36.7 Å². The maximum Gasteiger partial charge on any atom is 0.285 e. The Morgan fingerprint density at radius 1 is 1.06 bits per heavy atom. The van der Waals surface area contributed by atoms with E-state index in [2.05, 4.69) is 22.2 Å². The lowest BCUT2D eigenvalue weighted by atomic mass is 10.4. The van der Waals surface area contributed by atoms with Gasteiger partial charge in [-0.1, -0.05) is 24.4 Å². The minimum atomic E-state index is -0.481. The van der Waals surface area contributed by atoms with Gasteiger partial charge in [0.15, 0.2) is 0 Å². The number of aromatic nitrogens is 2. The van der Waals surface area contributed by atoms with E-state index in [9.17, 15) is 10.1 Å². The molecule has 0 saturated carbocycles. The molecule has 0 aliphatic heterocycles. The molecule has 2 heterocycles. The number of H-pyrrole nitrogens is 2. The fraction of sp³-hybridized carbons (Fsp3) is 0. The van der Waals surface area contributed by atoms with Crippen molar-refractivity contribution in [1.29, 1.82) is 0 Å². The third kappa shape index (κ3) is 4.85. The van der Waals surface area contributed by atoms with Gasteiger partial charge < -0.3 is 15.7 Å². The van der Waals surface area contributed by atoms with Crippen molar-refractivity contribution in [2.45, 2.75) is 0 Å². The summed E-state index contributed by atoms with van der Waals surface area (Å²) < 4.78 is 1.20. The van der Waals surface area contributed by atoms with Gasteiger partial charge in [0.1, 0.15) is 9.28 Å². The molecule has 18 heavy (non-hydrogen) atoms. The number of nitrogens with one attached hydrogen (secondary N) is 2. The summed E-state index contributed by atoms with van der Waals surface area (Å²) in [6.07, 6.45) is 2.94. The van der Waals surface area contributed by atoms with Crippen molar-refractivity contribution in [1.82, 2.24) is 9.97 Å². The zero-order valence-corrected chi connectivity index (χ0v) is 10.8. The molecule has 0 saturated heterocycles. The quantitative estimate of drug-likeness (QED) is 0.424. The number of aromatic amines is 2. The molecule has 2 aromatic heterocycles. The molecule has 0 aliphatic rings. The van der Waals surface area contributed by atoms with E-state index in [1.54, 1.807) is 18.3 Å². The largest absolute Gasteiger partial charge is 0.398 e. The van der Waals surface area contributed by atoms with Gasteiger partial charge >= 0.3 is 0 Å². The number of anilines is 1. The predicted octanol–water partition coefficient (Wildman–Crippen LogP) is 2.98. The van der Waals surface area contributed by atoms with Crippen molar-refractivity contribution in [3.05, 3.63) is 56.1 Å². The van der Waals surface area contributed by atoms with Gasteiger partial charge in [-0.3, -0.25) is 10.1 Å². The Morgan fingerprint density at radius 2 is 1.61 bits per heavy atom. The van der Waals surface area contributed by atoms with Crippen LogP contribution in [0, 0.1) is 19.4 Å². The van der Waals surface area contributed by atoms with E-state index < -0.39 is 4.92 Å². The summed E-state index contributed by atoms with van der Waals surface area (Å²) in [5.74, 6) is 0. The third-order valence-corrected chi connectivity index (χ3v) is 2.29. The lowest BCUT2D eigenvalue weighted by Crippen LogP contribution is -1.87. The van der Waals surface area contributed by atoms with Gasteiger partial charge in [-0.05, 0) is 18.2 Å². The van der Waals surface area contributed by atoms with Crippen LogP contribution in [0.2, 0.25) is 0 Å². The number of nitro groups is 1. The van der Waals surface area contributed by atoms with Gasteiger partial charge in [-0.25, -0.2) is 0 Å². The van der Waals surface area contributed by atoms with Crippen LogP contribution < -0.4 is 5.73 Å². The molecular formula is C10H10N4O2S2. The molecule has 0 bridgehead atoms. The van der Waals surface area contributed by atoms with Crippen molar-refractivity contribution in [2.75, 3.05) is 5.73 Å². The summed E-state index contributed by atoms with van der Waals surface area (Å²) in [6, 6.07) is 6.36. The maximum absolute atomic E-state index is 10.1. The summed E-state index contributed by atoms with van der Waals surface area (Å²) in [4.78, 5) is 14.9. The SMILES string of the molecule is Nc1ccc(=S)[nH]c1.O=[N+]([O-])c1ccc(=S)[nH]c1. The Bertz CT molecular complexity index is 610. The van der Waals surface area contributed by atoms with Crippen LogP contribution in [0.25, 0.3) is 0 Å². The number of nitrogen functional groups attached to an aromatic ring is 1. The highest BCUT2D eigenvalue weighted by Gasteiger charge is 2.00. The fourth-order valence-electron chi connectivity index (χ4n) is 0.939. The molecule has 0 spiro atoms. The number of hydrogen-bond donors (Lipinski definition) is 3. The van der Waals surface area contributed by atoms with Crippen LogP contribution >= 0.6 is 24.4 Å². The van der Waals surface area contributed by atoms with E-state index >= 15 is 0 Å². The highest BCUT2D eigenvalue weighted by Crippen LogP contribution is 2.05. The molecule has 2 aromatic rings. The molecule has 0 aromatic carbocycles. The van der Waals surface area contributed by atoms with Crippen molar-refractivity contribution in [3.8, 4) is 0 Å². The van der Waals surface area contributed by atoms with E-state index in [1.807, 2.05) is 0 Å². The van der Waals surface area contributed by atoms with E-state index in [0.29, 0.717) is 15.0 Å². The van der Waals surface area contributed by atoms with Crippen LogP contribution in [0.1, 0.15) is 0 Å². The second-order valence-electron chi connectivity index (χ2n) is 3.15. The number of pyridine rings is 2. The van der Waals surface area contributed by atoms with Gasteiger partial charge in [0, 0.05) is 18.0 Å². The van der Waals surface area contributed by atoms with E-state index in [4.69, 9.17) is 18.0 Å². The average molecular weight is 282 g/mol. The molecule has 0 aliphatic carbocycles. The van der Waals surface area contributed by atoms with E-state index in [0.717, 1.165) is 0 Å². The van der Waals surface area contributed by atoms with Gasteiger partial charge in [0.05, 0.1) is 11.1 Å². The number of nitrogens with zero attached hydrogens (tertiary/aromatic N) is 1. The smallest absolute Gasteiger partial charge is 0.285 e. The second kappa shape index (κ2) is 6.62. The molecule has 4 N–H and O–H groups in total. The van der Waals surface area contributed by atoms with Crippen molar-refractivity contribution in [2.24, 2.45) is 0 Å². The third-order valence-electron chi connectivity index (χ3n) is 1.79. The Labute approximate surface area is 113 Å². The van der Waals surface area contributed by atoms with Crippen LogP contribution in [0.4, 0.5) is 11.4 Å². The van der Waals surface area contributed by atoms with Crippen LogP contribution in [-0.2, 0) is 0 Å².